The Bertz CT molecular complexity index is 235. The van der Waals surface area contributed by atoms with Crippen molar-refractivity contribution in [2.45, 2.75) is 12.5 Å². The van der Waals surface area contributed by atoms with Gasteiger partial charge in [-0.1, -0.05) is 0 Å². The van der Waals surface area contributed by atoms with E-state index in [4.69, 9.17) is 4.74 Å². The van der Waals surface area contributed by atoms with E-state index in [2.05, 4.69) is 10.2 Å². The fraction of sp³-hybridized carbons (Fsp3) is 0.909. The number of carbonyl (C=O) groups excluding carboxylic acids is 1. The van der Waals surface area contributed by atoms with Gasteiger partial charge in [0.1, 0.15) is 0 Å². The first kappa shape index (κ1) is 11.8. The van der Waals surface area contributed by atoms with Gasteiger partial charge < -0.3 is 15.0 Å². The minimum Gasteiger partial charge on any atom is -0.384 e. The Kier molecular flexibility index (Phi) is 4.15. The highest BCUT2D eigenvalue weighted by Gasteiger charge is 2.28. The predicted molar refractivity (Wildman–Crippen MR) is 61.3 cm³/mol. The summed E-state index contributed by atoms with van der Waals surface area (Å²) in [6.07, 6.45) is 0.515. The largest absolute Gasteiger partial charge is 0.384 e. The number of methoxy groups -OCH3 is 1. The van der Waals surface area contributed by atoms with Crippen molar-refractivity contribution in [2.24, 2.45) is 0 Å². The van der Waals surface area contributed by atoms with Gasteiger partial charge in [0.25, 0.3) is 0 Å². The van der Waals surface area contributed by atoms with Gasteiger partial charge in [-0.2, -0.15) is 0 Å². The van der Waals surface area contributed by atoms with Crippen LogP contribution in [0.4, 0.5) is 0 Å². The molecule has 2 heterocycles. The van der Waals surface area contributed by atoms with Gasteiger partial charge in [0.2, 0.25) is 5.91 Å². The summed E-state index contributed by atoms with van der Waals surface area (Å²) in [7, 11) is 1.63. The smallest absolute Gasteiger partial charge is 0.224 e. The minimum absolute atomic E-state index is 0.230. The number of hydrogen-bond donors (Lipinski definition) is 1. The summed E-state index contributed by atoms with van der Waals surface area (Å²) in [4.78, 5) is 16.2. The highest BCUT2D eigenvalue weighted by molar-refractivity contribution is 5.76. The van der Waals surface area contributed by atoms with Gasteiger partial charge in [-0.3, -0.25) is 9.69 Å². The lowest BCUT2D eigenvalue weighted by Gasteiger charge is -2.43. The average Bonchev–Trinajstić information content (AvgIpc) is 2.24. The van der Waals surface area contributed by atoms with Crippen LogP contribution in [0.5, 0.6) is 0 Å². The Morgan fingerprint density at radius 2 is 2.00 bits per heavy atom. The zero-order valence-electron chi connectivity index (χ0n) is 9.95. The van der Waals surface area contributed by atoms with Crippen molar-refractivity contribution < 1.29 is 9.53 Å². The molecule has 0 atom stereocenters. The quantitative estimate of drug-likeness (QED) is 0.679. The molecule has 2 saturated heterocycles. The molecule has 0 radical (unpaired) electrons. The highest BCUT2D eigenvalue weighted by Crippen LogP contribution is 2.10. The third-order valence-electron chi connectivity index (χ3n) is 3.46. The predicted octanol–water partition coefficient (Wildman–Crippen LogP) is -0.861. The second-order valence-corrected chi connectivity index (χ2v) is 4.47. The number of nitrogens with one attached hydrogen (secondary N) is 1. The Balaban J connectivity index is 1.69. The van der Waals surface area contributed by atoms with Crippen LogP contribution in [0.15, 0.2) is 0 Å². The van der Waals surface area contributed by atoms with Gasteiger partial charge in [-0.15, -0.1) is 0 Å². The van der Waals surface area contributed by atoms with Crippen LogP contribution < -0.4 is 5.32 Å². The summed E-state index contributed by atoms with van der Waals surface area (Å²) in [5, 5.41) is 3.28. The lowest BCUT2D eigenvalue weighted by atomic mass is 10.1. The number of nitrogens with zero attached hydrogens (tertiary/aromatic N) is 2. The molecule has 0 unspecified atom stereocenters. The molecule has 2 aliphatic heterocycles. The molecule has 5 nitrogen and oxygen atoms in total. The summed E-state index contributed by atoms with van der Waals surface area (Å²) >= 11 is 0. The van der Waals surface area contributed by atoms with Crippen LogP contribution in [0.25, 0.3) is 0 Å². The monoisotopic (exact) mass is 227 g/mol. The Labute approximate surface area is 96.7 Å². The summed E-state index contributed by atoms with van der Waals surface area (Å²) in [6, 6.07) is 0.705. The molecular weight excluding hydrogens is 206 g/mol. The summed E-state index contributed by atoms with van der Waals surface area (Å²) in [5.74, 6) is 0.230. The SMILES string of the molecule is COCCC(=O)N1CCN(C2CNC2)CC1. The third-order valence-corrected chi connectivity index (χ3v) is 3.46. The van der Waals surface area contributed by atoms with E-state index in [9.17, 15) is 4.79 Å². The van der Waals surface area contributed by atoms with Crippen molar-refractivity contribution in [2.75, 3.05) is 53.0 Å². The normalized spacial score (nSPS) is 23.2. The molecule has 2 aliphatic rings. The van der Waals surface area contributed by atoms with Gasteiger partial charge in [0.05, 0.1) is 13.0 Å². The fourth-order valence-corrected chi connectivity index (χ4v) is 2.22. The number of piperazine rings is 1. The van der Waals surface area contributed by atoms with Crippen LogP contribution >= 0.6 is 0 Å². The maximum absolute atomic E-state index is 11.7. The average molecular weight is 227 g/mol. The Morgan fingerprint density at radius 3 is 2.50 bits per heavy atom. The number of ether oxygens (including phenoxy) is 1. The summed E-state index contributed by atoms with van der Waals surface area (Å²) < 4.78 is 4.92. The zero-order chi connectivity index (χ0) is 11.4. The lowest BCUT2D eigenvalue weighted by Crippen LogP contribution is -2.62. The fourth-order valence-electron chi connectivity index (χ4n) is 2.22. The minimum atomic E-state index is 0.230. The van der Waals surface area contributed by atoms with Gasteiger partial charge in [-0.25, -0.2) is 0 Å². The molecule has 1 N–H and O–H groups in total. The molecule has 0 bridgehead atoms. The number of rotatable bonds is 4. The van der Waals surface area contributed by atoms with Gasteiger partial charge in [0.15, 0.2) is 0 Å². The van der Waals surface area contributed by atoms with Gasteiger partial charge >= 0.3 is 0 Å². The van der Waals surface area contributed by atoms with E-state index in [0.29, 0.717) is 19.1 Å². The Morgan fingerprint density at radius 1 is 1.31 bits per heavy atom. The van der Waals surface area contributed by atoms with E-state index in [1.54, 1.807) is 7.11 Å². The van der Waals surface area contributed by atoms with Crippen LogP contribution in [0.2, 0.25) is 0 Å². The first-order chi connectivity index (χ1) is 7.81. The van der Waals surface area contributed by atoms with Crippen molar-refractivity contribution in [3.05, 3.63) is 0 Å². The molecule has 2 fully saturated rings. The maximum atomic E-state index is 11.7. The molecule has 5 heteroatoms. The van der Waals surface area contributed by atoms with Crippen LogP contribution in [0, 0.1) is 0 Å². The number of carbonyl (C=O) groups is 1. The van der Waals surface area contributed by atoms with Gasteiger partial charge in [0, 0.05) is 52.4 Å². The zero-order valence-corrected chi connectivity index (χ0v) is 9.95. The van der Waals surface area contributed by atoms with Crippen molar-refractivity contribution in [3.8, 4) is 0 Å². The third kappa shape index (κ3) is 2.72. The van der Waals surface area contributed by atoms with Gasteiger partial charge in [-0.05, 0) is 0 Å². The molecule has 0 aliphatic carbocycles. The second-order valence-electron chi connectivity index (χ2n) is 4.47. The second kappa shape index (κ2) is 5.61. The number of amides is 1. The van der Waals surface area contributed by atoms with Crippen LogP contribution in [-0.4, -0.2) is 74.7 Å². The number of hydrogen-bond acceptors (Lipinski definition) is 4. The molecule has 1 amide bonds. The van der Waals surface area contributed by atoms with Crippen molar-refractivity contribution in [1.82, 2.24) is 15.1 Å². The molecule has 0 spiro atoms. The molecular formula is C11H21N3O2. The van der Waals surface area contributed by atoms with E-state index in [-0.39, 0.29) is 5.91 Å². The lowest BCUT2D eigenvalue weighted by molar-refractivity contribution is -0.134. The van der Waals surface area contributed by atoms with E-state index < -0.39 is 0 Å². The van der Waals surface area contributed by atoms with E-state index in [0.717, 1.165) is 39.3 Å². The first-order valence-corrected chi connectivity index (χ1v) is 6.02. The first-order valence-electron chi connectivity index (χ1n) is 6.02. The van der Waals surface area contributed by atoms with Crippen molar-refractivity contribution >= 4 is 5.91 Å². The molecule has 0 aromatic heterocycles. The maximum Gasteiger partial charge on any atom is 0.224 e. The molecule has 0 saturated carbocycles. The summed E-state index contributed by atoms with van der Waals surface area (Å²) in [5.41, 5.74) is 0. The van der Waals surface area contributed by atoms with Crippen LogP contribution in [0.1, 0.15) is 6.42 Å². The van der Waals surface area contributed by atoms with E-state index in [1.807, 2.05) is 4.90 Å². The van der Waals surface area contributed by atoms with E-state index in [1.165, 1.54) is 0 Å². The van der Waals surface area contributed by atoms with Crippen LogP contribution in [0.3, 0.4) is 0 Å². The molecule has 92 valence electrons. The van der Waals surface area contributed by atoms with E-state index >= 15 is 0 Å². The molecule has 2 rings (SSSR count). The topological polar surface area (TPSA) is 44.8 Å². The standard InChI is InChI=1S/C11H21N3O2/c1-16-7-2-11(15)14-5-3-13(4-6-14)10-8-12-9-10/h10,12H,2-9H2,1H3. The molecule has 0 aromatic carbocycles. The Hall–Kier alpha value is -0.650. The highest BCUT2D eigenvalue weighted by atomic mass is 16.5. The van der Waals surface area contributed by atoms with Crippen molar-refractivity contribution in [1.29, 1.82) is 0 Å². The van der Waals surface area contributed by atoms with Crippen LogP contribution in [-0.2, 0) is 9.53 Å². The molecule has 16 heavy (non-hydrogen) atoms. The molecule has 0 aromatic rings. The summed E-state index contributed by atoms with van der Waals surface area (Å²) in [6.45, 7) is 6.54. The van der Waals surface area contributed by atoms with Crippen molar-refractivity contribution in [3.63, 3.8) is 0 Å².